The van der Waals surface area contributed by atoms with Crippen molar-refractivity contribution in [1.29, 1.82) is 0 Å². The summed E-state index contributed by atoms with van der Waals surface area (Å²) in [6, 6.07) is 15.8. The van der Waals surface area contributed by atoms with Crippen LogP contribution in [0.15, 0.2) is 48.5 Å². The fraction of sp³-hybridized carbons (Fsp3) is 0.348. The zero-order valence-electron chi connectivity index (χ0n) is 18.0. The lowest BCUT2D eigenvalue weighted by molar-refractivity contribution is 0.185. The quantitative estimate of drug-likeness (QED) is 0.648. The minimum Gasteiger partial charge on any atom is -0.497 e. The molecule has 0 spiro atoms. The molecule has 7 nitrogen and oxygen atoms in total. The van der Waals surface area contributed by atoms with Crippen LogP contribution in [0.1, 0.15) is 23.9 Å². The van der Waals surface area contributed by atoms with Gasteiger partial charge in [-0.15, -0.1) is 0 Å². The van der Waals surface area contributed by atoms with Crippen LogP contribution in [0.5, 0.6) is 5.75 Å². The van der Waals surface area contributed by atoms with E-state index in [1.807, 2.05) is 29.2 Å². The summed E-state index contributed by atoms with van der Waals surface area (Å²) in [5.41, 5.74) is 3.22. The zero-order valence-corrected chi connectivity index (χ0v) is 18.9. The molecule has 1 aromatic heterocycles. The first-order valence-electron chi connectivity index (χ1n) is 10.4. The van der Waals surface area contributed by atoms with Gasteiger partial charge in [-0.3, -0.25) is 0 Å². The molecule has 1 N–H and O–H groups in total. The lowest BCUT2D eigenvalue weighted by atomic mass is 10.1. The van der Waals surface area contributed by atoms with E-state index in [-0.39, 0.29) is 12.1 Å². The molecule has 0 bridgehead atoms. The number of carbonyl (C=O) groups is 1. The molecule has 0 aliphatic carbocycles. The highest BCUT2D eigenvalue weighted by atomic mass is 32.1. The van der Waals surface area contributed by atoms with Gasteiger partial charge in [0, 0.05) is 49.3 Å². The molecule has 162 valence electrons. The molecule has 8 heteroatoms. The van der Waals surface area contributed by atoms with Gasteiger partial charge in [0.15, 0.2) is 0 Å². The van der Waals surface area contributed by atoms with Gasteiger partial charge in [-0.2, -0.15) is 4.37 Å². The summed E-state index contributed by atoms with van der Waals surface area (Å²) < 4.78 is 9.71. The monoisotopic (exact) mass is 437 g/mol. The maximum absolute atomic E-state index is 12.7. The van der Waals surface area contributed by atoms with Gasteiger partial charge < -0.3 is 19.9 Å². The van der Waals surface area contributed by atoms with Crippen molar-refractivity contribution in [2.45, 2.75) is 26.3 Å². The number of amides is 2. The van der Waals surface area contributed by atoms with Gasteiger partial charge in [-0.1, -0.05) is 29.8 Å². The van der Waals surface area contributed by atoms with Crippen LogP contribution < -0.4 is 15.0 Å². The van der Waals surface area contributed by atoms with E-state index in [2.05, 4.69) is 52.7 Å². The Balaban J connectivity index is 1.33. The van der Waals surface area contributed by atoms with Crippen LogP contribution in [-0.4, -0.2) is 53.1 Å². The molecule has 2 aromatic carbocycles. The third kappa shape index (κ3) is 5.14. The van der Waals surface area contributed by atoms with Crippen molar-refractivity contribution in [2.24, 2.45) is 0 Å². The van der Waals surface area contributed by atoms with Gasteiger partial charge in [0.05, 0.1) is 7.11 Å². The van der Waals surface area contributed by atoms with Crippen molar-refractivity contribution in [3.8, 4) is 5.75 Å². The minimum atomic E-state index is -0.0883. The molecule has 1 saturated heterocycles. The number of benzene rings is 2. The van der Waals surface area contributed by atoms with Crippen LogP contribution in [0.3, 0.4) is 0 Å². The predicted molar refractivity (Wildman–Crippen MR) is 124 cm³/mol. The number of nitrogens with one attached hydrogen (secondary N) is 1. The lowest BCUT2D eigenvalue weighted by Gasteiger charge is -2.39. The number of rotatable bonds is 5. The maximum atomic E-state index is 12.7. The molecular formula is C23H27N5O2S. The number of carbonyl (C=O) groups excluding carboxylic acids is 1. The van der Waals surface area contributed by atoms with Gasteiger partial charge in [0.1, 0.15) is 11.6 Å². The fourth-order valence-corrected chi connectivity index (χ4v) is 4.36. The second-order valence-electron chi connectivity index (χ2n) is 7.80. The van der Waals surface area contributed by atoms with Crippen LogP contribution in [0.2, 0.25) is 0 Å². The van der Waals surface area contributed by atoms with Crippen molar-refractivity contribution in [3.05, 3.63) is 65.5 Å². The largest absolute Gasteiger partial charge is 0.497 e. The first kappa shape index (κ1) is 21.1. The van der Waals surface area contributed by atoms with Gasteiger partial charge in [0.25, 0.3) is 0 Å². The summed E-state index contributed by atoms with van der Waals surface area (Å²) in [5.74, 6) is 1.61. The highest BCUT2D eigenvalue weighted by Gasteiger charge is 2.29. The Bertz CT molecular complexity index is 1020. The normalized spacial score (nSPS) is 16.3. The van der Waals surface area contributed by atoms with Gasteiger partial charge in [0.2, 0.25) is 5.13 Å². The van der Waals surface area contributed by atoms with E-state index in [9.17, 15) is 4.79 Å². The first-order valence-corrected chi connectivity index (χ1v) is 11.1. The van der Waals surface area contributed by atoms with E-state index in [4.69, 9.17) is 9.72 Å². The number of methoxy groups -OCH3 is 1. The van der Waals surface area contributed by atoms with Crippen LogP contribution in [0, 0.1) is 6.92 Å². The van der Waals surface area contributed by atoms with Crippen LogP contribution >= 0.6 is 11.5 Å². The molecular weight excluding hydrogens is 410 g/mol. The molecule has 1 fully saturated rings. The maximum Gasteiger partial charge on any atom is 0.322 e. The van der Waals surface area contributed by atoms with Crippen molar-refractivity contribution in [3.63, 3.8) is 0 Å². The molecule has 31 heavy (non-hydrogen) atoms. The highest BCUT2D eigenvalue weighted by molar-refractivity contribution is 7.09. The molecule has 0 saturated carbocycles. The van der Waals surface area contributed by atoms with E-state index in [1.54, 1.807) is 7.11 Å². The van der Waals surface area contributed by atoms with Gasteiger partial charge >= 0.3 is 6.03 Å². The number of nitrogens with zero attached hydrogens (tertiary/aromatic N) is 4. The minimum absolute atomic E-state index is 0.0662. The van der Waals surface area contributed by atoms with Crippen molar-refractivity contribution >= 4 is 28.4 Å². The number of aromatic nitrogens is 2. The molecule has 2 heterocycles. The van der Waals surface area contributed by atoms with E-state index in [0.717, 1.165) is 41.9 Å². The summed E-state index contributed by atoms with van der Waals surface area (Å²) >= 11 is 1.43. The van der Waals surface area contributed by atoms with Gasteiger partial charge in [-0.05, 0) is 43.7 Å². The Hall–Kier alpha value is -3.13. The number of aryl methyl sites for hydroxylation is 1. The van der Waals surface area contributed by atoms with E-state index in [1.165, 1.54) is 22.7 Å². The van der Waals surface area contributed by atoms with Crippen LogP contribution in [0.25, 0.3) is 0 Å². The summed E-state index contributed by atoms with van der Waals surface area (Å²) in [5, 5.41) is 3.89. The SMILES string of the molecule is COc1ccc(NC(=O)N2CCN(c3nc(Cc4ccc(C)cc4)ns3)CC2C)cc1. The van der Waals surface area contributed by atoms with Gasteiger partial charge in [-0.25, -0.2) is 9.78 Å². The second-order valence-corrected chi connectivity index (χ2v) is 8.53. The Morgan fingerprint density at radius 1 is 1.16 bits per heavy atom. The number of hydrogen-bond donors (Lipinski definition) is 1. The number of urea groups is 1. The summed E-state index contributed by atoms with van der Waals surface area (Å²) in [7, 11) is 1.62. The zero-order chi connectivity index (χ0) is 21.8. The van der Waals surface area contributed by atoms with Crippen LogP contribution in [0.4, 0.5) is 15.6 Å². The smallest absolute Gasteiger partial charge is 0.322 e. The summed E-state index contributed by atoms with van der Waals surface area (Å²) in [6.07, 6.45) is 0.733. The number of anilines is 2. The first-order chi connectivity index (χ1) is 15.0. The summed E-state index contributed by atoms with van der Waals surface area (Å²) in [4.78, 5) is 21.6. The van der Waals surface area contributed by atoms with Crippen LogP contribution in [-0.2, 0) is 6.42 Å². The van der Waals surface area contributed by atoms with Crippen molar-refractivity contribution in [2.75, 3.05) is 37.0 Å². The fourth-order valence-electron chi connectivity index (χ4n) is 3.64. The lowest BCUT2D eigenvalue weighted by Crippen LogP contribution is -2.55. The molecule has 2 amide bonds. The second kappa shape index (κ2) is 9.34. The Labute approximate surface area is 186 Å². The topological polar surface area (TPSA) is 70.6 Å². The van der Waals surface area contributed by atoms with E-state index >= 15 is 0 Å². The molecule has 1 aliphatic heterocycles. The molecule has 1 unspecified atom stereocenters. The Kier molecular flexibility index (Phi) is 6.36. The molecule has 1 atom stereocenters. The average molecular weight is 438 g/mol. The van der Waals surface area contributed by atoms with Crippen molar-refractivity contribution in [1.82, 2.24) is 14.3 Å². The standard InChI is InChI=1S/C23H27N5O2S/c1-16-4-6-18(7-5-16)14-21-25-23(31-26-21)27-12-13-28(17(2)15-27)22(29)24-19-8-10-20(30-3)11-9-19/h4-11,17H,12-15H2,1-3H3,(H,24,29). The molecule has 3 aromatic rings. The number of piperazine rings is 1. The average Bonchev–Trinajstić information content (AvgIpc) is 3.24. The van der Waals surface area contributed by atoms with Crippen molar-refractivity contribution < 1.29 is 9.53 Å². The predicted octanol–water partition coefficient (Wildman–Crippen LogP) is 4.19. The summed E-state index contributed by atoms with van der Waals surface area (Å²) in [6.45, 7) is 6.25. The third-order valence-corrected chi connectivity index (χ3v) is 6.26. The molecule has 4 rings (SSSR count). The highest BCUT2D eigenvalue weighted by Crippen LogP contribution is 2.23. The number of ether oxygens (including phenoxy) is 1. The molecule has 1 aliphatic rings. The number of hydrogen-bond acceptors (Lipinski definition) is 6. The third-order valence-electron chi connectivity index (χ3n) is 5.44. The Morgan fingerprint density at radius 3 is 2.58 bits per heavy atom. The van der Waals surface area contributed by atoms with E-state index in [0.29, 0.717) is 6.54 Å². The Morgan fingerprint density at radius 2 is 1.90 bits per heavy atom. The van der Waals surface area contributed by atoms with E-state index < -0.39 is 0 Å². The molecule has 0 radical (unpaired) electrons.